The van der Waals surface area contributed by atoms with E-state index >= 15 is 0 Å². The molecule has 3 aromatic rings. The number of carbonyl (C=O) groups is 2. The third-order valence-electron chi connectivity index (χ3n) is 6.51. The highest BCUT2D eigenvalue weighted by Crippen LogP contribution is 2.43. The lowest BCUT2D eigenvalue weighted by atomic mass is 9.84. The van der Waals surface area contributed by atoms with Crippen LogP contribution >= 0.6 is 0 Å². The molecule has 192 valence electrons. The van der Waals surface area contributed by atoms with Gasteiger partial charge in [-0.05, 0) is 67.3 Å². The molecule has 0 radical (unpaired) electrons. The molecule has 1 amide bonds. The van der Waals surface area contributed by atoms with E-state index in [1.807, 2.05) is 44.2 Å². The standard InChI is InChI=1S/C31H33NO5/c1-7-37-25-16-11-21(18-24(25)31(3,4)5)28(33)26-27(20-10-8-9-19(2)17-20)32(30(35)29(26)34)22-12-14-23(36-6)15-13-22/h8-18,27,33H,7H2,1-6H3/b28-26-. The predicted molar refractivity (Wildman–Crippen MR) is 145 cm³/mol. The molecule has 6 nitrogen and oxygen atoms in total. The van der Waals surface area contributed by atoms with Crippen molar-refractivity contribution < 1.29 is 24.2 Å². The molecule has 6 heteroatoms. The Balaban J connectivity index is 1.94. The summed E-state index contributed by atoms with van der Waals surface area (Å²) >= 11 is 0. The monoisotopic (exact) mass is 499 g/mol. The predicted octanol–water partition coefficient (Wildman–Crippen LogP) is 6.33. The first-order valence-corrected chi connectivity index (χ1v) is 12.4. The van der Waals surface area contributed by atoms with Crippen molar-refractivity contribution in [3.8, 4) is 11.5 Å². The molecule has 1 heterocycles. The Morgan fingerprint density at radius 3 is 2.30 bits per heavy atom. The number of carbonyl (C=O) groups excluding carboxylic acids is 2. The summed E-state index contributed by atoms with van der Waals surface area (Å²) in [5.41, 5.74) is 3.39. The molecule has 3 aromatic carbocycles. The van der Waals surface area contributed by atoms with Gasteiger partial charge >= 0.3 is 0 Å². The number of benzene rings is 3. The average molecular weight is 500 g/mol. The van der Waals surface area contributed by atoms with Crippen LogP contribution < -0.4 is 14.4 Å². The summed E-state index contributed by atoms with van der Waals surface area (Å²) in [6.45, 7) is 10.6. The van der Waals surface area contributed by atoms with Gasteiger partial charge in [-0.2, -0.15) is 0 Å². The molecule has 0 aliphatic carbocycles. The third-order valence-corrected chi connectivity index (χ3v) is 6.51. The average Bonchev–Trinajstić information content (AvgIpc) is 3.13. The van der Waals surface area contributed by atoms with E-state index in [0.717, 1.165) is 22.4 Å². The molecule has 1 aliphatic heterocycles. The molecule has 1 aliphatic rings. The minimum Gasteiger partial charge on any atom is -0.507 e. The summed E-state index contributed by atoms with van der Waals surface area (Å²) in [4.78, 5) is 28.4. The van der Waals surface area contributed by atoms with Crippen molar-refractivity contribution in [1.82, 2.24) is 0 Å². The van der Waals surface area contributed by atoms with Crippen LogP contribution in [0.4, 0.5) is 5.69 Å². The summed E-state index contributed by atoms with van der Waals surface area (Å²) in [7, 11) is 1.57. The smallest absolute Gasteiger partial charge is 0.300 e. The van der Waals surface area contributed by atoms with E-state index in [9.17, 15) is 14.7 Å². The first-order chi connectivity index (χ1) is 17.6. The van der Waals surface area contributed by atoms with Crippen molar-refractivity contribution in [3.05, 3.63) is 94.6 Å². The number of ether oxygens (including phenoxy) is 2. The van der Waals surface area contributed by atoms with Crippen molar-refractivity contribution in [3.63, 3.8) is 0 Å². The lowest BCUT2D eigenvalue weighted by molar-refractivity contribution is -0.132. The van der Waals surface area contributed by atoms with Gasteiger partial charge in [-0.1, -0.05) is 50.6 Å². The number of hydrogen-bond acceptors (Lipinski definition) is 5. The van der Waals surface area contributed by atoms with E-state index in [0.29, 0.717) is 23.6 Å². The zero-order valence-electron chi connectivity index (χ0n) is 22.2. The molecule has 1 N–H and O–H groups in total. The zero-order valence-corrected chi connectivity index (χ0v) is 22.2. The Labute approximate surface area is 218 Å². The zero-order chi connectivity index (χ0) is 26.9. The molecule has 1 unspecified atom stereocenters. The summed E-state index contributed by atoms with van der Waals surface area (Å²) in [6, 6.07) is 19.2. The first kappa shape index (κ1) is 26.0. The molecule has 0 aromatic heterocycles. The Morgan fingerprint density at radius 1 is 1.00 bits per heavy atom. The number of aliphatic hydroxyl groups is 1. The summed E-state index contributed by atoms with van der Waals surface area (Å²) < 4.78 is 11.1. The number of ketones is 1. The van der Waals surface area contributed by atoms with Crippen molar-refractivity contribution in [1.29, 1.82) is 0 Å². The lowest BCUT2D eigenvalue weighted by Gasteiger charge is -2.26. The van der Waals surface area contributed by atoms with Crippen molar-refractivity contribution in [2.24, 2.45) is 0 Å². The number of methoxy groups -OCH3 is 1. The van der Waals surface area contributed by atoms with Crippen molar-refractivity contribution in [2.45, 2.75) is 46.1 Å². The highest BCUT2D eigenvalue weighted by atomic mass is 16.5. The van der Waals surface area contributed by atoms with Crippen LogP contribution in [0.2, 0.25) is 0 Å². The molecule has 37 heavy (non-hydrogen) atoms. The highest BCUT2D eigenvalue weighted by Gasteiger charge is 2.47. The van der Waals surface area contributed by atoms with Crippen LogP contribution in [0.5, 0.6) is 11.5 Å². The Bertz CT molecular complexity index is 1370. The van der Waals surface area contributed by atoms with E-state index in [2.05, 4.69) is 20.8 Å². The van der Waals surface area contributed by atoms with Crippen molar-refractivity contribution >= 4 is 23.1 Å². The van der Waals surface area contributed by atoms with E-state index in [1.54, 1.807) is 43.5 Å². The Morgan fingerprint density at radius 2 is 1.70 bits per heavy atom. The van der Waals surface area contributed by atoms with Gasteiger partial charge in [0.15, 0.2) is 0 Å². The molecule has 1 atom stereocenters. The first-order valence-electron chi connectivity index (χ1n) is 12.4. The van der Waals surface area contributed by atoms with Gasteiger partial charge in [-0.25, -0.2) is 0 Å². The highest BCUT2D eigenvalue weighted by molar-refractivity contribution is 6.51. The molecular weight excluding hydrogens is 466 g/mol. The van der Waals surface area contributed by atoms with Gasteiger partial charge in [0.1, 0.15) is 17.3 Å². The topological polar surface area (TPSA) is 76.1 Å². The Hall–Kier alpha value is -4.06. The quantitative estimate of drug-likeness (QED) is 0.244. The van der Waals surface area contributed by atoms with Gasteiger partial charge in [-0.15, -0.1) is 0 Å². The minimum atomic E-state index is -0.794. The fourth-order valence-electron chi connectivity index (χ4n) is 4.70. The summed E-state index contributed by atoms with van der Waals surface area (Å²) in [5.74, 6) is -0.280. The van der Waals surface area contributed by atoms with E-state index in [4.69, 9.17) is 9.47 Å². The maximum Gasteiger partial charge on any atom is 0.300 e. The van der Waals surface area contributed by atoms with Gasteiger partial charge in [0.25, 0.3) is 11.7 Å². The lowest BCUT2D eigenvalue weighted by Crippen LogP contribution is -2.29. The Kier molecular flexibility index (Phi) is 7.12. The minimum absolute atomic E-state index is 0.0513. The second-order valence-corrected chi connectivity index (χ2v) is 10.2. The van der Waals surface area contributed by atoms with Crippen LogP contribution in [0, 0.1) is 6.92 Å². The van der Waals surface area contributed by atoms with Gasteiger partial charge in [0, 0.05) is 16.8 Å². The molecule has 0 saturated carbocycles. The number of nitrogens with zero attached hydrogens (tertiary/aromatic N) is 1. The molecule has 1 saturated heterocycles. The van der Waals surface area contributed by atoms with Gasteiger partial charge in [-0.3, -0.25) is 14.5 Å². The molecular formula is C31H33NO5. The number of rotatable bonds is 6. The largest absolute Gasteiger partial charge is 0.507 e. The van der Waals surface area contributed by atoms with Crippen LogP contribution in [0.15, 0.2) is 72.3 Å². The van der Waals surface area contributed by atoms with E-state index in [1.165, 1.54) is 4.90 Å². The third kappa shape index (κ3) is 4.96. The number of aliphatic hydroxyl groups excluding tert-OH is 1. The summed E-state index contributed by atoms with van der Waals surface area (Å²) in [6.07, 6.45) is 0. The van der Waals surface area contributed by atoms with Gasteiger partial charge in [0.2, 0.25) is 0 Å². The number of Topliss-reactive ketones (excluding diaryl/α,β-unsaturated/α-hetero) is 1. The maximum absolute atomic E-state index is 13.5. The van der Waals surface area contributed by atoms with Crippen LogP contribution in [0.3, 0.4) is 0 Å². The number of aryl methyl sites for hydroxylation is 1. The van der Waals surface area contributed by atoms with Crippen molar-refractivity contribution in [2.75, 3.05) is 18.6 Å². The fourth-order valence-corrected chi connectivity index (χ4v) is 4.70. The van der Waals surface area contributed by atoms with Crippen LogP contribution in [-0.4, -0.2) is 30.5 Å². The molecule has 1 fully saturated rings. The van der Waals surface area contributed by atoms with Gasteiger partial charge < -0.3 is 14.6 Å². The SMILES string of the molecule is CCOc1ccc(/C(O)=C2/C(=O)C(=O)N(c3ccc(OC)cc3)C2c2cccc(C)c2)cc1C(C)(C)C. The van der Waals surface area contributed by atoms with E-state index < -0.39 is 17.7 Å². The molecule has 4 rings (SSSR count). The van der Waals surface area contributed by atoms with Crippen LogP contribution in [0.1, 0.15) is 56.0 Å². The second-order valence-electron chi connectivity index (χ2n) is 10.2. The fraction of sp³-hybridized carbons (Fsp3) is 0.290. The normalized spacial score (nSPS) is 17.2. The maximum atomic E-state index is 13.5. The molecule has 0 spiro atoms. The van der Waals surface area contributed by atoms with Crippen LogP contribution in [-0.2, 0) is 15.0 Å². The van der Waals surface area contributed by atoms with Gasteiger partial charge in [0.05, 0.1) is 25.3 Å². The van der Waals surface area contributed by atoms with Crippen LogP contribution in [0.25, 0.3) is 5.76 Å². The molecule has 0 bridgehead atoms. The second kappa shape index (κ2) is 10.1. The number of amides is 1. The number of anilines is 1. The van der Waals surface area contributed by atoms with E-state index in [-0.39, 0.29) is 16.7 Å². The number of hydrogen-bond donors (Lipinski definition) is 1. The summed E-state index contributed by atoms with van der Waals surface area (Å²) in [5, 5.41) is 11.6.